The summed E-state index contributed by atoms with van der Waals surface area (Å²) in [5.74, 6) is 1.10. The topological polar surface area (TPSA) is 55.8 Å². The van der Waals surface area contributed by atoms with Crippen molar-refractivity contribution in [2.45, 2.75) is 19.8 Å². The number of carboxylic acids is 1. The number of rotatable bonds is 6. The minimum atomic E-state index is -0.831. The molecule has 0 unspecified atom stereocenters. The molecule has 0 aromatic heterocycles. The first-order chi connectivity index (χ1) is 10.1. The second kappa shape index (κ2) is 6.79. The van der Waals surface area contributed by atoms with E-state index in [0.29, 0.717) is 17.9 Å². The lowest BCUT2D eigenvalue weighted by molar-refractivity contribution is -0.136. The molecule has 0 aliphatic rings. The first-order valence-electron chi connectivity index (χ1n) is 6.73. The average molecular weight is 286 g/mol. The molecule has 21 heavy (non-hydrogen) atoms. The number of hydrogen-bond donors (Lipinski definition) is 1. The van der Waals surface area contributed by atoms with Gasteiger partial charge in [-0.2, -0.15) is 0 Å². The molecule has 0 aliphatic heterocycles. The predicted octanol–water partition coefficient (Wildman–Crippen LogP) is 3.81. The Morgan fingerprint density at radius 3 is 2.48 bits per heavy atom. The lowest BCUT2D eigenvalue weighted by Crippen LogP contribution is -2.01. The van der Waals surface area contributed by atoms with Crippen LogP contribution in [0.2, 0.25) is 0 Å². The SMILES string of the molecule is COc1c(CCC(=O)O)cccc1Oc1ccccc1C. The third-order valence-corrected chi connectivity index (χ3v) is 3.19. The predicted molar refractivity (Wildman–Crippen MR) is 80.2 cm³/mol. The Morgan fingerprint density at radius 2 is 1.81 bits per heavy atom. The van der Waals surface area contributed by atoms with Crippen molar-refractivity contribution in [3.8, 4) is 17.2 Å². The lowest BCUT2D eigenvalue weighted by Gasteiger charge is -2.15. The van der Waals surface area contributed by atoms with Crippen LogP contribution >= 0.6 is 0 Å². The lowest BCUT2D eigenvalue weighted by atomic mass is 10.1. The third-order valence-electron chi connectivity index (χ3n) is 3.19. The number of aryl methyl sites for hydroxylation is 2. The summed E-state index contributed by atoms with van der Waals surface area (Å²) in [6, 6.07) is 13.2. The number of carbonyl (C=O) groups is 1. The first kappa shape index (κ1) is 14.9. The van der Waals surface area contributed by atoms with Crippen molar-refractivity contribution in [1.29, 1.82) is 0 Å². The van der Waals surface area contributed by atoms with Gasteiger partial charge in [0.1, 0.15) is 5.75 Å². The van der Waals surface area contributed by atoms with Gasteiger partial charge in [0.25, 0.3) is 0 Å². The zero-order chi connectivity index (χ0) is 15.2. The van der Waals surface area contributed by atoms with E-state index in [2.05, 4.69) is 0 Å². The summed E-state index contributed by atoms with van der Waals surface area (Å²) in [5.41, 5.74) is 1.85. The van der Waals surface area contributed by atoms with Gasteiger partial charge in [0, 0.05) is 6.42 Å². The molecule has 0 aliphatic carbocycles. The van der Waals surface area contributed by atoms with Gasteiger partial charge < -0.3 is 14.6 Å². The molecule has 2 aromatic rings. The molecular formula is C17H18O4. The van der Waals surface area contributed by atoms with Crippen LogP contribution in [0.1, 0.15) is 17.5 Å². The molecule has 0 bridgehead atoms. The molecule has 4 heteroatoms. The Kier molecular flexibility index (Phi) is 4.82. The monoisotopic (exact) mass is 286 g/mol. The summed E-state index contributed by atoms with van der Waals surface area (Å²) in [6.07, 6.45) is 0.466. The molecule has 0 atom stereocenters. The molecule has 110 valence electrons. The van der Waals surface area contributed by atoms with E-state index < -0.39 is 5.97 Å². The van der Waals surface area contributed by atoms with E-state index in [1.807, 2.05) is 49.4 Å². The highest BCUT2D eigenvalue weighted by atomic mass is 16.5. The minimum Gasteiger partial charge on any atom is -0.493 e. The maximum Gasteiger partial charge on any atom is 0.303 e. The van der Waals surface area contributed by atoms with E-state index >= 15 is 0 Å². The Bertz CT molecular complexity index is 634. The second-order valence-corrected chi connectivity index (χ2v) is 4.71. The smallest absolute Gasteiger partial charge is 0.303 e. The molecule has 0 radical (unpaired) electrons. The largest absolute Gasteiger partial charge is 0.493 e. The van der Waals surface area contributed by atoms with Crippen molar-refractivity contribution in [3.05, 3.63) is 53.6 Å². The van der Waals surface area contributed by atoms with E-state index in [1.165, 1.54) is 0 Å². The summed E-state index contributed by atoms with van der Waals surface area (Å²) in [5, 5.41) is 8.81. The number of para-hydroxylation sites is 2. The highest BCUT2D eigenvalue weighted by Crippen LogP contribution is 2.36. The summed E-state index contributed by atoms with van der Waals surface area (Å²) < 4.78 is 11.3. The molecule has 0 spiro atoms. The molecule has 2 aromatic carbocycles. The van der Waals surface area contributed by atoms with Crippen LogP contribution in [-0.4, -0.2) is 18.2 Å². The maximum absolute atomic E-state index is 10.7. The fourth-order valence-corrected chi connectivity index (χ4v) is 2.10. The van der Waals surface area contributed by atoms with E-state index in [9.17, 15) is 4.79 Å². The molecule has 1 N–H and O–H groups in total. The number of benzene rings is 2. The van der Waals surface area contributed by atoms with Gasteiger partial charge in [0.2, 0.25) is 0 Å². The van der Waals surface area contributed by atoms with Crippen molar-refractivity contribution in [2.24, 2.45) is 0 Å². The van der Waals surface area contributed by atoms with Crippen LogP contribution in [0, 0.1) is 6.92 Å². The van der Waals surface area contributed by atoms with Gasteiger partial charge in [-0.1, -0.05) is 30.3 Å². The van der Waals surface area contributed by atoms with E-state index in [-0.39, 0.29) is 6.42 Å². The Balaban J connectivity index is 2.29. The standard InChI is InChI=1S/C17H18O4/c1-12-6-3-4-8-14(12)21-15-9-5-7-13(17(15)20-2)10-11-16(18)19/h3-9H,10-11H2,1-2H3,(H,18,19). The second-order valence-electron chi connectivity index (χ2n) is 4.71. The van der Waals surface area contributed by atoms with Crippen molar-refractivity contribution in [2.75, 3.05) is 7.11 Å². The van der Waals surface area contributed by atoms with Crippen LogP contribution in [0.3, 0.4) is 0 Å². The first-order valence-corrected chi connectivity index (χ1v) is 6.73. The van der Waals surface area contributed by atoms with Gasteiger partial charge in [0.05, 0.1) is 7.11 Å². The Morgan fingerprint density at radius 1 is 1.10 bits per heavy atom. The fourth-order valence-electron chi connectivity index (χ4n) is 2.10. The van der Waals surface area contributed by atoms with Crippen LogP contribution < -0.4 is 9.47 Å². The Labute approximate surface area is 123 Å². The van der Waals surface area contributed by atoms with Gasteiger partial charge in [-0.25, -0.2) is 0 Å². The normalized spacial score (nSPS) is 10.2. The van der Waals surface area contributed by atoms with Gasteiger partial charge in [-0.3, -0.25) is 4.79 Å². The minimum absolute atomic E-state index is 0.0597. The number of hydrogen-bond acceptors (Lipinski definition) is 3. The summed E-state index contributed by atoms with van der Waals surface area (Å²) in [6.45, 7) is 1.97. The van der Waals surface area contributed by atoms with Crippen LogP contribution in [0.4, 0.5) is 0 Å². The highest BCUT2D eigenvalue weighted by molar-refractivity contribution is 5.67. The maximum atomic E-state index is 10.7. The molecule has 2 rings (SSSR count). The van der Waals surface area contributed by atoms with Gasteiger partial charge in [-0.05, 0) is 36.6 Å². The number of methoxy groups -OCH3 is 1. The number of ether oxygens (including phenoxy) is 2. The van der Waals surface area contributed by atoms with Crippen LogP contribution in [0.25, 0.3) is 0 Å². The van der Waals surface area contributed by atoms with Crippen molar-refractivity contribution >= 4 is 5.97 Å². The summed E-state index contributed by atoms with van der Waals surface area (Å²) >= 11 is 0. The number of carboxylic acid groups (broad SMARTS) is 1. The fraction of sp³-hybridized carbons (Fsp3) is 0.235. The van der Waals surface area contributed by atoms with Gasteiger partial charge in [-0.15, -0.1) is 0 Å². The van der Waals surface area contributed by atoms with Crippen molar-refractivity contribution in [1.82, 2.24) is 0 Å². The molecular weight excluding hydrogens is 268 g/mol. The van der Waals surface area contributed by atoms with Crippen molar-refractivity contribution in [3.63, 3.8) is 0 Å². The van der Waals surface area contributed by atoms with Crippen LogP contribution in [0.5, 0.6) is 17.2 Å². The molecule has 4 nitrogen and oxygen atoms in total. The van der Waals surface area contributed by atoms with Crippen LogP contribution in [0.15, 0.2) is 42.5 Å². The molecule has 0 heterocycles. The summed E-state index contributed by atoms with van der Waals surface area (Å²) in [4.78, 5) is 10.7. The molecule has 0 saturated carbocycles. The van der Waals surface area contributed by atoms with Gasteiger partial charge >= 0.3 is 5.97 Å². The highest BCUT2D eigenvalue weighted by Gasteiger charge is 2.12. The Hall–Kier alpha value is -2.49. The quantitative estimate of drug-likeness (QED) is 0.877. The average Bonchev–Trinajstić information content (AvgIpc) is 2.47. The van der Waals surface area contributed by atoms with Gasteiger partial charge in [0.15, 0.2) is 11.5 Å². The third kappa shape index (κ3) is 3.75. The number of aliphatic carboxylic acids is 1. The van der Waals surface area contributed by atoms with Crippen molar-refractivity contribution < 1.29 is 19.4 Å². The van der Waals surface area contributed by atoms with E-state index in [1.54, 1.807) is 7.11 Å². The zero-order valence-electron chi connectivity index (χ0n) is 12.1. The molecule has 0 saturated heterocycles. The zero-order valence-corrected chi connectivity index (χ0v) is 12.1. The molecule has 0 amide bonds. The van der Waals surface area contributed by atoms with Crippen LogP contribution in [-0.2, 0) is 11.2 Å². The molecule has 0 fully saturated rings. The van der Waals surface area contributed by atoms with E-state index in [0.717, 1.165) is 16.9 Å². The summed E-state index contributed by atoms with van der Waals surface area (Å²) in [7, 11) is 1.56. The van der Waals surface area contributed by atoms with E-state index in [4.69, 9.17) is 14.6 Å².